The second-order valence-electron chi connectivity index (χ2n) is 5.57. The maximum atomic E-state index is 12.8. The minimum atomic E-state index is -3.68. The summed E-state index contributed by atoms with van der Waals surface area (Å²) in [5.74, 6) is 0.111. The minimum Gasteiger partial charge on any atom is -0.497 e. The Morgan fingerprint density at radius 3 is 2.26 bits per heavy atom. The topological polar surface area (TPSA) is 93.2 Å². The molecule has 0 saturated heterocycles. The molecule has 3 rings (SSSR count). The average molecular weight is 328 g/mol. The van der Waals surface area contributed by atoms with E-state index >= 15 is 0 Å². The van der Waals surface area contributed by atoms with Crippen LogP contribution in [0.15, 0.2) is 59.5 Å². The lowest BCUT2D eigenvalue weighted by Crippen LogP contribution is -2.29. The van der Waals surface area contributed by atoms with Gasteiger partial charge in [0.1, 0.15) is 16.5 Å². The molecule has 1 aliphatic carbocycles. The Morgan fingerprint density at radius 2 is 1.74 bits per heavy atom. The first kappa shape index (κ1) is 15.5. The molecule has 118 valence electrons. The summed E-state index contributed by atoms with van der Waals surface area (Å²) in [4.78, 5) is 0.186. The highest BCUT2D eigenvalue weighted by atomic mass is 32.2. The Labute approximate surface area is 135 Å². The summed E-state index contributed by atoms with van der Waals surface area (Å²) in [5, 5.41) is 8.47. The lowest BCUT2D eigenvalue weighted by atomic mass is 10.1. The van der Waals surface area contributed by atoms with Gasteiger partial charge in [-0.2, -0.15) is 5.26 Å². The molecule has 0 aromatic heterocycles. The molecule has 5 nitrogen and oxygen atoms in total. The van der Waals surface area contributed by atoms with E-state index in [1.165, 1.54) is 12.1 Å². The normalized spacial score (nSPS) is 26.3. The molecule has 2 N–H and O–H groups in total. The third kappa shape index (κ3) is 2.38. The molecule has 0 unspecified atom stereocenters. The predicted octanol–water partition coefficient (Wildman–Crippen LogP) is 1.86. The van der Waals surface area contributed by atoms with E-state index in [4.69, 9.17) is 10.5 Å². The van der Waals surface area contributed by atoms with Crippen molar-refractivity contribution >= 4 is 9.84 Å². The molecule has 0 heterocycles. The smallest absolute Gasteiger partial charge is 0.184 e. The molecule has 2 aromatic carbocycles. The molecule has 0 bridgehead atoms. The van der Waals surface area contributed by atoms with Gasteiger partial charge in [-0.1, -0.05) is 30.3 Å². The molecule has 0 aliphatic heterocycles. The molecular formula is C17H16N2O3S. The van der Waals surface area contributed by atoms with Gasteiger partial charge in [0.05, 0.1) is 18.1 Å². The molecular weight excluding hydrogens is 312 g/mol. The van der Waals surface area contributed by atoms with Crippen LogP contribution in [0.4, 0.5) is 0 Å². The van der Waals surface area contributed by atoms with Crippen molar-refractivity contribution in [3.63, 3.8) is 0 Å². The largest absolute Gasteiger partial charge is 0.497 e. The van der Waals surface area contributed by atoms with E-state index in [1.807, 2.05) is 6.07 Å². The summed E-state index contributed by atoms with van der Waals surface area (Å²) >= 11 is 0. The van der Waals surface area contributed by atoms with Crippen LogP contribution in [0.3, 0.4) is 0 Å². The number of nitriles is 1. The van der Waals surface area contributed by atoms with Crippen LogP contribution in [0, 0.1) is 11.3 Å². The van der Waals surface area contributed by atoms with E-state index in [0.717, 1.165) is 5.56 Å². The summed E-state index contributed by atoms with van der Waals surface area (Å²) in [5.41, 5.74) is 5.40. The molecule has 23 heavy (non-hydrogen) atoms. The number of methoxy groups -OCH3 is 1. The van der Waals surface area contributed by atoms with Crippen molar-refractivity contribution in [2.24, 2.45) is 5.73 Å². The highest BCUT2D eigenvalue weighted by Crippen LogP contribution is 2.55. The van der Waals surface area contributed by atoms with E-state index in [2.05, 4.69) is 0 Å². The van der Waals surface area contributed by atoms with Gasteiger partial charge in [0.25, 0.3) is 0 Å². The first-order valence-corrected chi connectivity index (χ1v) is 8.63. The van der Waals surface area contributed by atoms with E-state index in [1.54, 1.807) is 49.6 Å². The summed E-state index contributed by atoms with van der Waals surface area (Å²) in [6, 6.07) is 17.1. The lowest BCUT2D eigenvalue weighted by molar-refractivity contribution is 0.414. The molecule has 2 aromatic rings. The first-order valence-electron chi connectivity index (χ1n) is 7.08. The van der Waals surface area contributed by atoms with Crippen LogP contribution in [0.5, 0.6) is 5.75 Å². The van der Waals surface area contributed by atoms with Crippen LogP contribution in [-0.2, 0) is 9.84 Å². The molecule has 0 radical (unpaired) electrons. The molecule has 0 amide bonds. The highest BCUT2D eigenvalue weighted by Gasteiger charge is 2.70. The van der Waals surface area contributed by atoms with Gasteiger partial charge < -0.3 is 10.5 Å². The molecule has 3 atom stereocenters. The predicted molar refractivity (Wildman–Crippen MR) is 85.7 cm³/mol. The maximum Gasteiger partial charge on any atom is 0.184 e. The standard InChI is InChI=1S/C17H16N2O3S/c1-22-13-9-7-12(8-10-13)15-16(17(15,19)11-18)23(20,21)14-5-3-2-4-6-14/h2-10,15-16H,19H2,1H3/t15-,16+,17+/m0/s1. The van der Waals surface area contributed by atoms with Gasteiger partial charge in [0, 0.05) is 5.92 Å². The Balaban J connectivity index is 2.01. The van der Waals surface area contributed by atoms with Gasteiger partial charge in [0.15, 0.2) is 9.84 Å². The number of sulfone groups is 1. The summed E-state index contributed by atoms with van der Waals surface area (Å²) in [6.07, 6.45) is 0. The second-order valence-corrected chi connectivity index (χ2v) is 7.64. The van der Waals surface area contributed by atoms with Crippen molar-refractivity contribution < 1.29 is 13.2 Å². The fourth-order valence-electron chi connectivity index (χ4n) is 2.96. The number of nitrogens with zero attached hydrogens (tertiary/aromatic N) is 1. The zero-order valence-electron chi connectivity index (χ0n) is 12.5. The molecule has 6 heteroatoms. The Bertz CT molecular complexity index is 857. The molecule has 1 saturated carbocycles. The maximum absolute atomic E-state index is 12.8. The summed E-state index contributed by atoms with van der Waals surface area (Å²) in [6.45, 7) is 0. The second kappa shape index (κ2) is 5.37. The SMILES string of the molecule is COc1ccc([C@H]2[C@@H](S(=O)(=O)c3ccccc3)[C@@]2(N)C#N)cc1. The van der Waals surface area contributed by atoms with Crippen molar-refractivity contribution in [1.29, 1.82) is 5.26 Å². The van der Waals surface area contributed by atoms with E-state index in [9.17, 15) is 13.7 Å². The monoisotopic (exact) mass is 328 g/mol. The van der Waals surface area contributed by atoms with Crippen molar-refractivity contribution in [2.45, 2.75) is 21.6 Å². The zero-order valence-corrected chi connectivity index (χ0v) is 13.3. The van der Waals surface area contributed by atoms with Gasteiger partial charge in [-0.3, -0.25) is 0 Å². The first-order chi connectivity index (χ1) is 10.9. The number of hydrogen-bond donors (Lipinski definition) is 1. The molecule has 1 aliphatic rings. The van der Waals surface area contributed by atoms with Crippen LogP contribution in [0.1, 0.15) is 11.5 Å². The lowest BCUT2D eigenvalue weighted by Gasteiger charge is -2.04. The van der Waals surface area contributed by atoms with E-state index < -0.39 is 26.5 Å². The third-order valence-corrected chi connectivity index (χ3v) is 6.51. The summed E-state index contributed by atoms with van der Waals surface area (Å²) in [7, 11) is -2.12. The van der Waals surface area contributed by atoms with Gasteiger partial charge >= 0.3 is 0 Å². The highest BCUT2D eigenvalue weighted by molar-refractivity contribution is 7.92. The Morgan fingerprint density at radius 1 is 1.13 bits per heavy atom. The van der Waals surface area contributed by atoms with Crippen LogP contribution in [0.2, 0.25) is 0 Å². The molecule has 1 fully saturated rings. The van der Waals surface area contributed by atoms with Gasteiger partial charge in [-0.05, 0) is 29.8 Å². The van der Waals surface area contributed by atoms with Crippen LogP contribution >= 0.6 is 0 Å². The fraction of sp³-hybridized carbons (Fsp3) is 0.235. The number of benzene rings is 2. The third-order valence-electron chi connectivity index (χ3n) is 4.25. The van der Waals surface area contributed by atoms with Crippen molar-refractivity contribution in [3.8, 4) is 11.8 Å². The van der Waals surface area contributed by atoms with Crippen LogP contribution < -0.4 is 10.5 Å². The number of ether oxygens (including phenoxy) is 1. The van der Waals surface area contributed by atoms with E-state index in [0.29, 0.717) is 5.75 Å². The van der Waals surface area contributed by atoms with Crippen molar-refractivity contribution in [2.75, 3.05) is 7.11 Å². The Kier molecular flexibility index (Phi) is 3.63. The van der Waals surface area contributed by atoms with Gasteiger partial charge in [-0.25, -0.2) is 8.42 Å². The minimum absolute atomic E-state index is 0.186. The fourth-order valence-corrected chi connectivity index (χ4v) is 5.17. The van der Waals surface area contributed by atoms with Crippen LogP contribution in [0.25, 0.3) is 0 Å². The Hall–Kier alpha value is -2.36. The summed E-state index contributed by atoms with van der Waals surface area (Å²) < 4.78 is 30.7. The quantitative estimate of drug-likeness (QED) is 0.924. The average Bonchev–Trinajstić information content (AvgIpc) is 3.23. The molecule has 0 spiro atoms. The van der Waals surface area contributed by atoms with Crippen molar-refractivity contribution in [3.05, 3.63) is 60.2 Å². The van der Waals surface area contributed by atoms with Gasteiger partial charge in [-0.15, -0.1) is 0 Å². The van der Waals surface area contributed by atoms with Crippen LogP contribution in [-0.4, -0.2) is 26.3 Å². The number of rotatable bonds is 4. The number of nitrogens with two attached hydrogens (primary N) is 1. The van der Waals surface area contributed by atoms with E-state index in [-0.39, 0.29) is 4.90 Å². The van der Waals surface area contributed by atoms with Crippen molar-refractivity contribution in [1.82, 2.24) is 0 Å². The van der Waals surface area contributed by atoms with Gasteiger partial charge in [0.2, 0.25) is 0 Å². The number of hydrogen-bond acceptors (Lipinski definition) is 5. The zero-order chi connectivity index (χ0) is 16.7.